The Hall–Kier alpha value is -2.00. The van der Waals surface area contributed by atoms with Crippen molar-refractivity contribution in [1.82, 2.24) is 6.15 Å². The molecule has 0 amide bonds. The van der Waals surface area contributed by atoms with Gasteiger partial charge in [0, 0.05) is 24.5 Å². The predicted molar refractivity (Wildman–Crippen MR) is 84.6 cm³/mol. The Balaban J connectivity index is 0.00000121. The summed E-state index contributed by atoms with van der Waals surface area (Å²) in [6, 6.07) is 13.7. The highest BCUT2D eigenvalue weighted by Gasteiger charge is 2.28. The van der Waals surface area contributed by atoms with Crippen LogP contribution in [0.3, 0.4) is 0 Å². The van der Waals surface area contributed by atoms with Crippen LogP contribution in [-0.4, -0.2) is 6.67 Å². The largest absolute Gasteiger partial charge is 0.349 e. The van der Waals surface area contributed by atoms with Crippen LogP contribution in [0.15, 0.2) is 36.4 Å². The standard InChI is InChI=1S/C17H18N2.H3N/c1-12-3-5-16-14(7-12)9-18-11-19(16)10-15-8-13(2)4-6-17(15)18;/h3-8H,9-11H2,1-2H3;1H3. The Morgan fingerprint density at radius 3 is 1.65 bits per heavy atom. The first-order chi connectivity index (χ1) is 9.20. The second kappa shape index (κ2) is 4.53. The van der Waals surface area contributed by atoms with E-state index < -0.39 is 0 Å². The zero-order chi connectivity index (χ0) is 13.0. The average molecular weight is 267 g/mol. The van der Waals surface area contributed by atoms with Crippen LogP contribution >= 0.6 is 0 Å². The summed E-state index contributed by atoms with van der Waals surface area (Å²) < 4.78 is 0. The van der Waals surface area contributed by atoms with E-state index in [4.69, 9.17) is 0 Å². The SMILES string of the molecule is Cc1ccc2c(c1)CN1CN2Cc2cc(C)ccc21.N. The van der Waals surface area contributed by atoms with Gasteiger partial charge in [-0.2, -0.15) is 0 Å². The fraction of sp³-hybridized carbons (Fsp3) is 0.294. The van der Waals surface area contributed by atoms with Crippen LogP contribution < -0.4 is 16.0 Å². The predicted octanol–water partition coefficient (Wildman–Crippen LogP) is 3.76. The fourth-order valence-electron chi connectivity index (χ4n) is 3.34. The van der Waals surface area contributed by atoms with Crippen molar-refractivity contribution in [3.8, 4) is 0 Å². The molecular weight excluding hydrogens is 246 g/mol. The van der Waals surface area contributed by atoms with Crippen molar-refractivity contribution in [3.05, 3.63) is 58.7 Å². The third kappa shape index (κ3) is 1.86. The summed E-state index contributed by atoms with van der Waals surface area (Å²) in [5, 5.41) is 0. The van der Waals surface area contributed by atoms with Crippen LogP contribution in [0.2, 0.25) is 0 Å². The molecule has 4 rings (SSSR count). The molecule has 2 aliphatic heterocycles. The number of anilines is 2. The van der Waals surface area contributed by atoms with E-state index in [0.29, 0.717) is 0 Å². The molecule has 20 heavy (non-hydrogen) atoms. The van der Waals surface area contributed by atoms with Gasteiger partial charge in [0.25, 0.3) is 0 Å². The Morgan fingerprint density at radius 2 is 1.20 bits per heavy atom. The molecule has 0 unspecified atom stereocenters. The molecule has 2 bridgehead atoms. The topological polar surface area (TPSA) is 41.5 Å². The van der Waals surface area contributed by atoms with E-state index in [-0.39, 0.29) is 6.15 Å². The van der Waals surface area contributed by atoms with E-state index in [0.717, 1.165) is 19.8 Å². The smallest absolute Gasteiger partial charge is 0.0910 e. The monoisotopic (exact) mass is 267 g/mol. The third-order valence-electron chi connectivity index (χ3n) is 4.22. The lowest BCUT2D eigenvalue weighted by atomic mass is 9.99. The van der Waals surface area contributed by atoms with Gasteiger partial charge in [-0.15, -0.1) is 0 Å². The zero-order valence-corrected chi connectivity index (χ0v) is 12.2. The molecule has 0 atom stereocenters. The summed E-state index contributed by atoms with van der Waals surface area (Å²) in [6.45, 7) is 7.43. The summed E-state index contributed by atoms with van der Waals surface area (Å²) in [5.41, 5.74) is 8.44. The average Bonchev–Trinajstić information content (AvgIpc) is 2.37. The second-order valence-electron chi connectivity index (χ2n) is 5.80. The van der Waals surface area contributed by atoms with Crippen molar-refractivity contribution in [2.24, 2.45) is 0 Å². The molecular formula is C17H21N3. The molecule has 0 spiro atoms. The van der Waals surface area contributed by atoms with Gasteiger partial charge in [0.1, 0.15) is 0 Å². The maximum Gasteiger partial charge on any atom is 0.0910 e. The van der Waals surface area contributed by atoms with E-state index >= 15 is 0 Å². The molecule has 2 aliphatic rings. The first-order valence-electron chi connectivity index (χ1n) is 6.90. The normalized spacial score (nSPS) is 15.3. The molecule has 2 aromatic carbocycles. The molecule has 0 radical (unpaired) electrons. The van der Waals surface area contributed by atoms with Gasteiger partial charge in [-0.05, 0) is 37.1 Å². The minimum absolute atomic E-state index is 0. The van der Waals surface area contributed by atoms with Gasteiger partial charge in [-0.3, -0.25) is 0 Å². The number of benzene rings is 2. The van der Waals surface area contributed by atoms with Crippen molar-refractivity contribution in [1.29, 1.82) is 0 Å². The fourth-order valence-corrected chi connectivity index (χ4v) is 3.34. The number of hydrogen-bond acceptors (Lipinski definition) is 3. The van der Waals surface area contributed by atoms with Crippen molar-refractivity contribution in [2.75, 3.05) is 16.5 Å². The Bertz CT molecular complexity index is 606. The molecule has 0 aliphatic carbocycles. The van der Waals surface area contributed by atoms with Gasteiger partial charge in [0.15, 0.2) is 0 Å². The maximum absolute atomic E-state index is 2.49. The molecule has 2 heterocycles. The Kier molecular flexibility index (Phi) is 2.94. The number of rotatable bonds is 0. The third-order valence-corrected chi connectivity index (χ3v) is 4.22. The molecule has 0 saturated carbocycles. The van der Waals surface area contributed by atoms with Gasteiger partial charge in [-0.1, -0.05) is 35.4 Å². The van der Waals surface area contributed by atoms with Crippen molar-refractivity contribution in [3.63, 3.8) is 0 Å². The van der Waals surface area contributed by atoms with Crippen molar-refractivity contribution >= 4 is 11.4 Å². The molecule has 0 saturated heterocycles. The molecule has 2 aromatic rings. The molecule has 3 nitrogen and oxygen atoms in total. The van der Waals surface area contributed by atoms with Gasteiger partial charge in [0.2, 0.25) is 0 Å². The summed E-state index contributed by atoms with van der Waals surface area (Å²) in [4.78, 5) is 4.97. The van der Waals surface area contributed by atoms with Gasteiger partial charge < -0.3 is 16.0 Å². The second-order valence-corrected chi connectivity index (χ2v) is 5.80. The lowest BCUT2D eigenvalue weighted by Gasteiger charge is -2.45. The number of fused-ring (bicyclic) bond motifs is 6. The van der Waals surface area contributed by atoms with Crippen LogP contribution in [0.25, 0.3) is 0 Å². The molecule has 104 valence electrons. The van der Waals surface area contributed by atoms with E-state index in [1.807, 2.05) is 0 Å². The first-order valence-corrected chi connectivity index (χ1v) is 6.90. The highest BCUT2D eigenvalue weighted by Crippen LogP contribution is 2.38. The van der Waals surface area contributed by atoms with E-state index in [1.165, 1.54) is 33.6 Å². The van der Waals surface area contributed by atoms with Crippen LogP contribution in [-0.2, 0) is 13.1 Å². The van der Waals surface area contributed by atoms with Crippen LogP contribution in [0.4, 0.5) is 11.4 Å². The number of hydrogen-bond donors (Lipinski definition) is 1. The summed E-state index contributed by atoms with van der Waals surface area (Å²) in [6.07, 6.45) is 0. The molecule has 3 heteroatoms. The summed E-state index contributed by atoms with van der Waals surface area (Å²) >= 11 is 0. The van der Waals surface area contributed by atoms with E-state index in [2.05, 4.69) is 60.0 Å². The van der Waals surface area contributed by atoms with E-state index in [1.54, 1.807) is 0 Å². The van der Waals surface area contributed by atoms with Crippen molar-refractivity contribution < 1.29 is 0 Å². The molecule has 3 N–H and O–H groups in total. The summed E-state index contributed by atoms with van der Waals surface area (Å²) in [5.74, 6) is 0. The van der Waals surface area contributed by atoms with Crippen LogP contribution in [0, 0.1) is 13.8 Å². The Morgan fingerprint density at radius 1 is 0.750 bits per heavy atom. The van der Waals surface area contributed by atoms with E-state index in [9.17, 15) is 0 Å². The van der Waals surface area contributed by atoms with Gasteiger partial charge in [0.05, 0.1) is 6.67 Å². The van der Waals surface area contributed by atoms with Crippen LogP contribution in [0.1, 0.15) is 22.3 Å². The molecule has 0 fully saturated rings. The number of nitrogens with zero attached hydrogens (tertiary/aromatic N) is 2. The minimum atomic E-state index is 0. The highest BCUT2D eigenvalue weighted by molar-refractivity contribution is 5.68. The number of aryl methyl sites for hydroxylation is 2. The summed E-state index contributed by atoms with van der Waals surface area (Å²) in [7, 11) is 0. The quantitative estimate of drug-likeness (QED) is 0.790. The van der Waals surface area contributed by atoms with Gasteiger partial charge >= 0.3 is 0 Å². The lowest BCUT2D eigenvalue weighted by Crippen LogP contribution is -2.46. The minimum Gasteiger partial charge on any atom is -0.349 e. The van der Waals surface area contributed by atoms with Crippen LogP contribution in [0.5, 0.6) is 0 Å². The highest BCUT2D eigenvalue weighted by atomic mass is 15.4. The Labute approximate surface area is 120 Å². The van der Waals surface area contributed by atoms with Crippen molar-refractivity contribution in [2.45, 2.75) is 26.9 Å². The van der Waals surface area contributed by atoms with Gasteiger partial charge in [-0.25, -0.2) is 0 Å². The first kappa shape index (κ1) is 13.0. The maximum atomic E-state index is 2.49. The zero-order valence-electron chi connectivity index (χ0n) is 12.2. The molecule has 0 aromatic heterocycles. The lowest BCUT2D eigenvalue weighted by molar-refractivity contribution is 0.650.